The summed E-state index contributed by atoms with van der Waals surface area (Å²) < 4.78 is 0. The van der Waals surface area contributed by atoms with Gasteiger partial charge in [-0.2, -0.15) is 10.2 Å². The molecule has 32 heavy (non-hydrogen) atoms. The minimum absolute atomic E-state index is 0.293. The molecule has 1 fully saturated rings. The van der Waals surface area contributed by atoms with Crippen LogP contribution < -0.4 is 0 Å². The molecule has 166 valence electrons. The Bertz CT molecular complexity index is 1240. The summed E-state index contributed by atoms with van der Waals surface area (Å²) in [4.78, 5) is 9.52. The van der Waals surface area contributed by atoms with E-state index in [4.69, 9.17) is 4.98 Å². The number of rotatable bonds is 5. The Morgan fingerprint density at radius 1 is 1.09 bits per heavy atom. The molecule has 1 saturated heterocycles. The molecule has 5 rings (SSSR count). The van der Waals surface area contributed by atoms with Gasteiger partial charge in [-0.3, -0.25) is 15.1 Å². The number of benzene rings is 2. The first-order valence-corrected chi connectivity index (χ1v) is 11.2. The van der Waals surface area contributed by atoms with Crippen molar-refractivity contribution >= 4 is 10.9 Å². The van der Waals surface area contributed by atoms with Crippen LogP contribution in [0.5, 0.6) is 5.75 Å². The number of fused-ring (bicyclic) bond motifs is 1. The first kappa shape index (κ1) is 20.7. The van der Waals surface area contributed by atoms with E-state index in [9.17, 15) is 5.11 Å². The quantitative estimate of drug-likeness (QED) is 0.448. The molecule has 2 aromatic heterocycles. The highest BCUT2D eigenvalue weighted by molar-refractivity contribution is 5.94. The van der Waals surface area contributed by atoms with E-state index in [1.54, 1.807) is 6.07 Å². The Balaban J connectivity index is 1.39. The number of piperazine rings is 1. The highest BCUT2D eigenvalue weighted by atomic mass is 16.3. The largest absolute Gasteiger partial charge is 0.508 e. The van der Waals surface area contributed by atoms with Crippen molar-refractivity contribution in [3.8, 4) is 28.4 Å². The second kappa shape index (κ2) is 8.37. The number of H-pyrrole nitrogens is 2. The van der Waals surface area contributed by atoms with E-state index in [1.807, 2.05) is 12.1 Å². The maximum absolute atomic E-state index is 9.81. The van der Waals surface area contributed by atoms with Crippen molar-refractivity contribution in [1.82, 2.24) is 35.2 Å². The van der Waals surface area contributed by atoms with E-state index >= 15 is 0 Å². The molecule has 3 heterocycles. The van der Waals surface area contributed by atoms with Crippen molar-refractivity contribution in [1.29, 1.82) is 0 Å². The molecule has 2 aromatic carbocycles. The third-order valence-corrected chi connectivity index (χ3v) is 6.50. The highest BCUT2D eigenvalue weighted by Crippen LogP contribution is 2.32. The fourth-order valence-corrected chi connectivity index (χ4v) is 4.46. The van der Waals surface area contributed by atoms with E-state index < -0.39 is 0 Å². The van der Waals surface area contributed by atoms with Crippen molar-refractivity contribution < 1.29 is 5.11 Å². The van der Waals surface area contributed by atoms with Crippen molar-refractivity contribution in [2.45, 2.75) is 32.9 Å². The summed E-state index contributed by atoms with van der Waals surface area (Å²) in [6.07, 6.45) is 0.849. The van der Waals surface area contributed by atoms with Crippen LogP contribution in [0.15, 0.2) is 36.4 Å². The number of nitrogens with zero attached hydrogens (tertiary/aromatic N) is 5. The van der Waals surface area contributed by atoms with E-state index in [0.29, 0.717) is 17.6 Å². The third-order valence-electron chi connectivity index (χ3n) is 6.50. The van der Waals surface area contributed by atoms with E-state index in [0.717, 1.165) is 71.7 Å². The Morgan fingerprint density at radius 3 is 2.78 bits per heavy atom. The number of aromatic amines is 2. The Labute approximate surface area is 187 Å². The van der Waals surface area contributed by atoms with Crippen molar-refractivity contribution in [3.05, 3.63) is 47.8 Å². The molecule has 8 nitrogen and oxygen atoms in total. The molecule has 0 unspecified atom stereocenters. The van der Waals surface area contributed by atoms with Gasteiger partial charge in [0.1, 0.15) is 17.3 Å². The molecule has 1 atom stereocenters. The standard InChI is InChI=1S/C24H29N7O/c1-4-16-11-18(32)6-8-19(16)17-5-7-20-21(12-17)26-28-23(20)24-25-22(27-29-24)14-31-10-9-30(3)15(2)13-31/h5-8,11-12,15,32H,4,9-10,13-14H2,1-3H3,(H,26,28)(H,25,27,29)/t15-/m0/s1. The smallest absolute Gasteiger partial charge is 0.202 e. The monoisotopic (exact) mass is 431 g/mol. The summed E-state index contributed by atoms with van der Waals surface area (Å²) in [5, 5.41) is 26.0. The summed E-state index contributed by atoms with van der Waals surface area (Å²) in [7, 11) is 2.17. The number of hydrogen-bond donors (Lipinski definition) is 3. The van der Waals surface area contributed by atoms with Gasteiger partial charge in [-0.15, -0.1) is 0 Å². The van der Waals surface area contributed by atoms with Crippen LogP contribution in [0.3, 0.4) is 0 Å². The maximum atomic E-state index is 9.81. The molecule has 0 bridgehead atoms. The van der Waals surface area contributed by atoms with Crippen LogP contribution in [-0.4, -0.2) is 73.0 Å². The van der Waals surface area contributed by atoms with Crippen LogP contribution >= 0.6 is 0 Å². The lowest BCUT2D eigenvalue weighted by Crippen LogP contribution is -2.49. The van der Waals surface area contributed by atoms with Gasteiger partial charge in [-0.05, 0) is 61.3 Å². The van der Waals surface area contributed by atoms with Gasteiger partial charge in [0.2, 0.25) is 5.82 Å². The zero-order valence-corrected chi connectivity index (χ0v) is 18.8. The second-order valence-electron chi connectivity index (χ2n) is 8.70. The molecule has 0 radical (unpaired) electrons. The van der Waals surface area contributed by atoms with Gasteiger partial charge in [0.25, 0.3) is 0 Å². The van der Waals surface area contributed by atoms with Gasteiger partial charge >= 0.3 is 0 Å². The SMILES string of the molecule is CCc1cc(O)ccc1-c1ccc2c(-c3n[nH]c(CN4CCN(C)[C@@H](C)C4)n3)n[nH]c2c1. The number of aromatic hydroxyl groups is 1. The highest BCUT2D eigenvalue weighted by Gasteiger charge is 2.22. The van der Waals surface area contributed by atoms with Crippen molar-refractivity contribution in [2.24, 2.45) is 0 Å². The van der Waals surface area contributed by atoms with Crippen LogP contribution in [0.4, 0.5) is 0 Å². The van der Waals surface area contributed by atoms with E-state index in [1.165, 1.54) is 0 Å². The summed E-state index contributed by atoms with van der Waals surface area (Å²) >= 11 is 0. The molecular formula is C24H29N7O. The van der Waals surface area contributed by atoms with Gasteiger partial charge in [-0.1, -0.05) is 19.1 Å². The topological polar surface area (TPSA) is 97.0 Å². The van der Waals surface area contributed by atoms with Crippen LogP contribution in [0.2, 0.25) is 0 Å². The number of nitrogens with one attached hydrogen (secondary N) is 2. The lowest BCUT2D eigenvalue weighted by atomic mass is 9.97. The number of hydrogen-bond acceptors (Lipinski definition) is 6. The number of phenolic OH excluding ortho intramolecular Hbond substituents is 1. The minimum Gasteiger partial charge on any atom is -0.508 e. The lowest BCUT2D eigenvalue weighted by molar-refractivity contribution is 0.0981. The molecule has 1 aliphatic rings. The maximum Gasteiger partial charge on any atom is 0.202 e. The molecule has 0 aliphatic carbocycles. The van der Waals surface area contributed by atoms with Gasteiger partial charge in [-0.25, -0.2) is 4.98 Å². The molecule has 3 N–H and O–H groups in total. The lowest BCUT2D eigenvalue weighted by Gasteiger charge is -2.37. The summed E-state index contributed by atoms with van der Waals surface area (Å²) in [5.41, 5.74) is 5.00. The zero-order valence-electron chi connectivity index (χ0n) is 18.8. The fraction of sp³-hybridized carbons (Fsp3) is 0.375. The van der Waals surface area contributed by atoms with Gasteiger partial charge in [0.05, 0.1) is 12.1 Å². The molecule has 4 aromatic rings. The molecule has 0 spiro atoms. The third kappa shape index (κ3) is 3.87. The van der Waals surface area contributed by atoms with Crippen LogP contribution in [0.1, 0.15) is 25.2 Å². The predicted octanol–water partition coefficient (Wildman–Crippen LogP) is 3.42. The van der Waals surface area contributed by atoms with Crippen LogP contribution in [0.25, 0.3) is 33.5 Å². The summed E-state index contributed by atoms with van der Waals surface area (Å²) in [6.45, 7) is 8.23. The summed E-state index contributed by atoms with van der Waals surface area (Å²) in [5.74, 6) is 1.77. The summed E-state index contributed by atoms with van der Waals surface area (Å²) in [6, 6.07) is 12.3. The Kier molecular flexibility index (Phi) is 5.40. The first-order valence-electron chi connectivity index (χ1n) is 11.2. The van der Waals surface area contributed by atoms with Gasteiger partial charge in [0, 0.05) is 31.1 Å². The van der Waals surface area contributed by atoms with Crippen molar-refractivity contribution in [2.75, 3.05) is 26.7 Å². The zero-order chi connectivity index (χ0) is 22.2. The first-order chi connectivity index (χ1) is 15.5. The van der Waals surface area contributed by atoms with E-state index in [2.05, 4.69) is 69.3 Å². The molecular weight excluding hydrogens is 402 g/mol. The van der Waals surface area contributed by atoms with E-state index in [-0.39, 0.29) is 0 Å². The average Bonchev–Trinajstić information content (AvgIpc) is 3.42. The molecule has 8 heteroatoms. The number of likely N-dealkylation sites (N-methyl/N-ethyl adjacent to an activating group) is 1. The van der Waals surface area contributed by atoms with Crippen LogP contribution in [0, 0.1) is 0 Å². The second-order valence-corrected chi connectivity index (χ2v) is 8.70. The fourth-order valence-electron chi connectivity index (χ4n) is 4.46. The predicted molar refractivity (Wildman–Crippen MR) is 125 cm³/mol. The Morgan fingerprint density at radius 2 is 1.97 bits per heavy atom. The molecule has 1 aliphatic heterocycles. The number of aromatic nitrogens is 5. The number of aryl methyl sites for hydroxylation is 1. The normalized spacial score (nSPS) is 17.9. The van der Waals surface area contributed by atoms with Gasteiger partial charge in [0.15, 0.2) is 0 Å². The molecule has 0 saturated carbocycles. The van der Waals surface area contributed by atoms with Crippen molar-refractivity contribution in [3.63, 3.8) is 0 Å². The number of phenols is 1. The average molecular weight is 432 g/mol. The molecule has 0 amide bonds. The minimum atomic E-state index is 0.293. The van der Waals surface area contributed by atoms with Gasteiger partial charge < -0.3 is 10.0 Å². The van der Waals surface area contributed by atoms with Crippen LogP contribution in [-0.2, 0) is 13.0 Å². The Hall–Kier alpha value is -3.23.